The summed E-state index contributed by atoms with van der Waals surface area (Å²) in [5.74, 6) is 0.00341. The Labute approximate surface area is 181 Å². The number of aromatic nitrogens is 1. The first kappa shape index (κ1) is 29.2. The van der Waals surface area contributed by atoms with Gasteiger partial charge in [-0.15, -0.1) is 0 Å². The van der Waals surface area contributed by atoms with Gasteiger partial charge in [0.15, 0.2) is 5.78 Å². The molecule has 164 valence electrons. The van der Waals surface area contributed by atoms with Crippen molar-refractivity contribution in [3.8, 4) is 0 Å². The minimum absolute atomic E-state index is 0.00341. The Morgan fingerprint density at radius 1 is 0.931 bits per heavy atom. The summed E-state index contributed by atoms with van der Waals surface area (Å²) < 4.78 is 0. The molecule has 2 heteroatoms. The fourth-order valence-corrected chi connectivity index (χ4v) is 2.51. The highest BCUT2D eigenvalue weighted by molar-refractivity contribution is 5.99. The normalized spacial score (nSPS) is 10.3. The summed E-state index contributed by atoms with van der Waals surface area (Å²) in [6, 6.07) is 3.52. The van der Waals surface area contributed by atoms with Crippen molar-refractivity contribution in [3.63, 3.8) is 0 Å². The van der Waals surface area contributed by atoms with E-state index < -0.39 is 0 Å². The zero-order chi connectivity index (χ0) is 22.3. The van der Waals surface area contributed by atoms with Crippen molar-refractivity contribution in [2.75, 3.05) is 0 Å². The molecular formula is C27H45NO. The second-order valence-electron chi connectivity index (χ2n) is 7.13. The zero-order valence-electron chi connectivity index (χ0n) is 20.0. The fraction of sp³-hybridized carbons (Fsp3) is 0.556. The summed E-state index contributed by atoms with van der Waals surface area (Å²) in [7, 11) is 0. The number of ketones is 1. The molecule has 0 bridgehead atoms. The van der Waals surface area contributed by atoms with E-state index in [2.05, 4.69) is 39.3 Å². The molecular weight excluding hydrogens is 354 g/mol. The second kappa shape index (κ2) is 22.3. The number of hydrogen-bond acceptors (Lipinski definition) is 2. The summed E-state index contributed by atoms with van der Waals surface area (Å²) in [5, 5.41) is 0. The van der Waals surface area contributed by atoms with Gasteiger partial charge in [0.25, 0.3) is 0 Å². The highest BCUT2D eigenvalue weighted by Gasteiger charge is 2.08. The van der Waals surface area contributed by atoms with E-state index in [1.165, 1.54) is 64.7 Å². The molecule has 0 amide bonds. The Hall–Kier alpha value is -1.96. The van der Waals surface area contributed by atoms with Crippen molar-refractivity contribution in [3.05, 3.63) is 60.5 Å². The van der Waals surface area contributed by atoms with Crippen molar-refractivity contribution in [2.24, 2.45) is 0 Å². The van der Waals surface area contributed by atoms with E-state index in [0.29, 0.717) is 11.3 Å². The van der Waals surface area contributed by atoms with Crippen LogP contribution in [0.25, 0.3) is 5.57 Å². The lowest BCUT2D eigenvalue weighted by Gasteiger charge is -2.04. The highest BCUT2D eigenvalue weighted by atomic mass is 16.1. The predicted octanol–water partition coefficient (Wildman–Crippen LogP) is 8.99. The number of rotatable bonds is 11. The topological polar surface area (TPSA) is 30.0 Å². The van der Waals surface area contributed by atoms with Crippen molar-refractivity contribution >= 4 is 11.4 Å². The van der Waals surface area contributed by atoms with Gasteiger partial charge in [-0.05, 0) is 31.6 Å². The minimum Gasteiger partial charge on any atom is -0.294 e. The third-order valence-corrected chi connectivity index (χ3v) is 4.26. The van der Waals surface area contributed by atoms with Crippen molar-refractivity contribution in [1.29, 1.82) is 0 Å². The maximum Gasteiger partial charge on any atom is 0.161 e. The van der Waals surface area contributed by atoms with Crippen LogP contribution in [-0.4, -0.2) is 10.8 Å². The molecule has 0 saturated heterocycles. The second-order valence-corrected chi connectivity index (χ2v) is 7.13. The Morgan fingerprint density at radius 2 is 1.48 bits per heavy atom. The maximum atomic E-state index is 11.4. The zero-order valence-corrected chi connectivity index (χ0v) is 20.0. The molecule has 0 saturated carbocycles. The van der Waals surface area contributed by atoms with Gasteiger partial charge in [0.1, 0.15) is 0 Å². The largest absolute Gasteiger partial charge is 0.294 e. The van der Waals surface area contributed by atoms with Gasteiger partial charge in [0.2, 0.25) is 0 Å². The molecule has 1 aromatic heterocycles. The first-order valence-corrected chi connectivity index (χ1v) is 11.4. The quantitative estimate of drug-likeness (QED) is 0.211. The number of nitrogens with zero attached hydrogens (tertiary/aromatic N) is 1. The van der Waals surface area contributed by atoms with Gasteiger partial charge in [-0.25, -0.2) is 0 Å². The molecule has 1 heterocycles. The van der Waals surface area contributed by atoms with Crippen LogP contribution in [0.3, 0.4) is 0 Å². The first-order valence-electron chi connectivity index (χ1n) is 11.4. The number of unbranched alkanes of at least 4 members (excludes halogenated alkanes) is 7. The number of pyridine rings is 1. The monoisotopic (exact) mass is 399 g/mol. The van der Waals surface area contributed by atoms with E-state index in [-0.39, 0.29) is 5.78 Å². The molecule has 29 heavy (non-hydrogen) atoms. The lowest BCUT2D eigenvalue weighted by atomic mass is 10.0. The summed E-state index contributed by atoms with van der Waals surface area (Å²) in [6.45, 7) is 16.3. The molecule has 0 atom stereocenters. The van der Waals surface area contributed by atoms with Crippen molar-refractivity contribution in [1.82, 2.24) is 4.98 Å². The van der Waals surface area contributed by atoms with Crippen LogP contribution in [0, 0.1) is 0 Å². The van der Waals surface area contributed by atoms with Gasteiger partial charge >= 0.3 is 0 Å². The van der Waals surface area contributed by atoms with Crippen LogP contribution in [0.1, 0.15) is 115 Å². The van der Waals surface area contributed by atoms with Gasteiger partial charge < -0.3 is 0 Å². The SMILES string of the molecule is C=C(/C=C\C=C/C)c1ncccc1C(C)=O.CCCCC.CCCCCCCC. The average Bonchev–Trinajstić information content (AvgIpc) is 2.73. The van der Waals surface area contributed by atoms with Gasteiger partial charge in [-0.3, -0.25) is 9.78 Å². The van der Waals surface area contributed by atoms with Crippen LogP contribution in [0.5, 0.6) is 0 Å². The van der Waals surface area contributed by atoms with E-state index in [9.17, 15) is 4.79 Å². The first-order chi connectivity index (χ1) is 14.0. The van der Waals surface area contributed by atoms with Crippen LogP contribution in [0.15, 0.2) is 49.2 Å². The average molecular weight is 400 g/mol. The molecule has 1 rings (SSSR count). The summed E-state index contributed by atoms with van der Waals surface area (Å²) >= 11 is 0. The Balaban J connectivity index is 0. The van der Waals surface area contributed by atoms with E-state index in [1.807, 2.05) is 31.2 Å². The van der Waals surface area contributed by atoms with Crippen LogP contribution in [0.4, 0.5) is 0 Å². The number of Topliss-reactive ketones (excluding diaryl/α,β-unsaturated/α-hetero) is 1. The van der Waals surface area contributed by atoms with Gasteiger partial charge in [0.05, 0.1) is 5.69 Å². The third-order valence-electron chi connectivity index (χ3n) is 4.26. The maximum absolute atomic E-state index is 11.4. The van der Waals surface area contributed by atoms with Gasteiger partial charge in [0, 0.05) is 11.8 Å². The fourth-order valence-electron chi connectivity index (χ4n) is 2.51. The molecule has 0 fully saturated rings. The standard InChI is InChI=1S/C14H15NO.C8H18.C5H12/c1-4-5-6-8-11(2)14-13(12(3)16)9-7-10-15-14;1-3-5-7-8-6-4-2;1-3-5-4-2/h4-10H,2H2,1,3H3;3-8H2,1-2H3;3-5H2,1-2H3/b5-4-,8-6-;;. The molecule has 1 aromatic rings. The van der Waals surface area contributed by atoms with Crippen LogP contribution in [0.2, 0.25) is 0 Å². The van der Waals surface area contributed by atoms with E-state index in [4.69, 9.17) is 0 Å². The minimum atomic E-state index is 0.00341. The smallest absolute Gasteiger partial charge is 0.161 e. The Bertz CT molecular complexity index is 576. The molecule has 0 radical (unpaired) electrons. The summed E-state index contributed by atoms with van der Waals surface area (Å²) in [4.78, 5) is 15.6. The molecule has 2 nitrogen and oxygen atoms in total. The predicted molar refractivity (Wildman–Crippen MR) is 131 cm³/mol. The van der Waals surface area contributed by atoms with Crippen LogP contribution in [-0.2, 0) is 0 Å². The number of carbonyl (C=O) groups is 1. The van der Waals surface area contributed by atoms with Gasteiger partial charge in [-0.2, -0.15) is 0 Å². The van der Waals surface area contributed by atoms with Crippen LogP contribution >= 0.6 is 0 Å². The summed E-state index contributed by atoms with van der Waals surface area (Å²) in [5.41, 5.74) is 2.00. The molecule has 0 aliphatic heterocycles. The Kier molecular flexibility index (Phi) is 22.5. The molecule has 0 N–H and O–H groups in total. The van der Waals surface area contributed by atoms with E-state index in [0.717, 1.165) is 5.57 Å². The molecule has 0 unspecified atom stereocenters. The Morgan fingerprint density at radius 3 is 1.90 bits per heavy atom. The molecule has 0 aliphatic carbocycles. The lowest BCUT2D eigenvalue weighted by Crippen LogP contribution is -2.00. The molecule has 0 spiro atoms. The highest BCUT2D eigenvalue weighted by Crippen LogP contribution is 2.16. The lowest BCUT2D eigenvalue weighted by molar-refractivity contribution is 0.101. The number of allylic oxidation sites excluding steroid dienone is 5. The van der Waals surface area contributed by atoms with E-state index in [1.54, 1.807) is 18.3 Å². The van der Waals surface area contributed by atoms with Crippen molar-refractivity contribution in [2.45, 2.75) is 99.3 Å². The van der Waals surface area contributed by atoms with Gasteiger partial charge in [-0.1, -0.05) is 116 Å². The van der Waals surface area contributed by atoms with Crippen molar-refractivity contribution < 1.29 is 4.79 Å². The number of carbonyl (C=O) groups excluding carboxylic acids is 1. The van der Waals surface area contributed by atoms with Crippen LogP contribution < -0.4 is 0 Å². The van der Waals surface area contributed by atoms with E-state index >= 15 is 0 Å². The molecule has 0 aromatic carbocycles. The third kappa shape index (κ3) is 17.8. The number of hydrogen-bond donors (Lipinski definition) is 0. The molecule has 0 aliphatic rings. The summed E-state index contributed by atoms with van der Waals surface area (Å²) in [6.07, 6.45) is 21.8.